The molecule has 1 aromatic heterocycles. The molecule has 0 radical (unpaired) electrons. The number of urea groups is 1. The third-order valence-corrected chi connectivity index (χ3v) is 7.65. The molecule has 1 fully saturated rings. The Hall–Kier alpha value is -3.57. The number of carbonyl (C=O) groups is 2. The molecule has 0 saturated carbocycles. The third kappa shape index (κ3) is 7.25. The van der Waals surface area contributed by atoms with Crippen LogP contribution in [-0.4, -0.2) is 64.0 Å². The van der Waals surface area contributed by atoms with E-state index < -0.39 is 29.4 Å². The fraction of sp³-hybridized carbons (Fsp3) is 0.400. The number of anilines is 1. The number of carbonyl (C=O) groups excluding carboxylic acids is 2. The van der Waals surface area contributed by atoms with Crippen LogP contribution >= 0.6 is 22.9 Å². The van der Waals surface area contributed by atoms with Crippen molar-refractivity contribution in [2.45, 2.75) is 59.1 Å². The zero-order chi connectivity index (χ0) is 30.8. The molecule has 3 aromatic rings. The third-order valence-electron chi connectivity index (χ3n) is 6.58. The van der Waals surface area contributed by atoms with Crippen LogP contribution in [0.3, 0.4) is 0 Å². The molecular weight excluding hydrogens is 584 g/mol. The topological polar surface area (TPSA) is 87.1 Å². The molecule has 4 rings (SSSR count). The predicted octanol–water partition coefficient (Wildman–Crippen LogP) is 7.79. The molecule has 0 spiro atoms. The summed E-state index contributed by atoms with van der Waals surface area (Å²) in [7, 11) is 0. The van der Waals surface area contributed by atoms with Crippen molar-refractivity contribution in [3.8, 4) is 11.1 Å². The van der Waals surface area contributed by atoms with E-state index in [1.54, 1.807) is 42.1 Å². The fourth-order valence-corrected chi connectivity index (χ4v) is 5.72. The van der Waals surface area contributed by atoms with Crippen molar-refractivity contribution in [3.05, 3.63) is 69.8 Å². The summed E-state index contributed by atoms with van der Waals surface area (Å²) >= 11 is 7.84. The van der Waals surface area contributed by atoms with Crippen LogP contribution in [0.25, 0.3) is 11.1 Å². The maximum Gasteiger partial charge on any atom is 0.410 e. The lowest BCUT2D eigenvalue weighted by Gasteiger charge is -2.41. The monoisotopic (exact) mass is 617 g/mol. The molecule has 0 unspecified atom stereocenters. The van der Waals surface area contributed by atoms with Gasteiger partial charge in [-0.25, -0.2) is 23.4 Å². The van der Waals surface area contributed by atoms with E-state index in [-0.39, 0.29) is 59.1 Å². The molecule has 1 aliphatic heterocycles. The summed E-state index contributed by atoms with van der Waals surface area (Å²) in [4.78, 5) is 37.9. The van der Waals surface area contributed by atoms with Crippen molar-refractivity contribution in [1.82, 2.24) is 14.8 Å². The highest BCUT2D eigenvalue weighted by Crippen LogP contribution is 2.33. The molecule has 42 heavy (non-hydrogen) atoms. The lowest BCUT2D eigenvalue weighted by molar-refractivity contribution is 0.0133. The summed E-state index contributed by atoms with van der Waals surface area (Å²) in [6, 6.07) is 7.36. The second-order valence-electron chi connectivity index (χ2n) is 11.3. The summed E-state index contributed by atoms with van der Waals surface area (Å²) in [5.74, 6) is -1.17. The summed E-state index contributed by atoms with van der Waals surface area (Å²) in [5.41, 5.74) is 1.99. The van der Waals surface area contributed by atoms with Gasteiger partial charge in [0.05, 0.1) is 16.8 Å². The Labute approximate surface area is 253 Å². The van der Waals surface area contributed by atoms with Gasteiger partial charge in [0.1, 0.15) is 28.1 Å². The van der Waals surface area contributed by atoms with Gasteiger partial charge >= 0.3 is 12.1 Å². The molecule has 1 saturated heterocycles. The number of piperazine rings is 1. The maximum atomic E-state index is 15.9. The number of aromatic nitrogens is 1. The van der Waals surface area contributed by atoms with E-state index in [2.05, 4.69) is 15.3 Å². The standard InChI is InChI=1S/C30H34ClF2N5O3S/c1-17(2)25-27(42-16-34-25)36-28(39)35-26(38-12-11-37(15-18(38)3)29(40)41-30(4,5)6)21-13-22(31)20(14-24(21)33)19-9-7-8-10-23(19)32/h7-10,13-14,16-18H,11-12,15H2,1-6H3,(H,36,39)/t18-/m0/s1. The van der Waals surface area contributed by atoms with Crippen LogP contribution in [0.2, 0.25) is 5.02 Å². The van der Waals surface area contributed by atoms with Gasteiger partial charge in [0, 0.05) is 41.8 Å². The van der Waals surface area contributed by atoms with E-state index in [4.69, 9.17) is 16.3 Å². The van der Waals surface area contributed by atoms with Gasteiger partial charge in [0.2, 0.25) is 0 Å². The van der Waals surface area contributed by atoms with Gasteiger partial charge in [-0.05, 0) is 51.8 Å². The van der Waals surface area contributed by atoms with E-state index in [9.17, 15) is 14.0 Å². The summed E-state index contributed by atoms with van der Waals surface area (Å²) < 4.78 is 35.9. The highest BCUT2D eigenvalue weighted by molar-refractivity contribution is 7.14. The minimum atomic E-state index is -0.730. The smallest absolute Gasteiger partial charge is 0.410 e. The van der Waals surface area contributed by atoms with Crippen LogP contribution in [0.5, 0.6) is 0 Å². The Bertz CT molecular complexity index is 1500. The SMILES string of the molecule is CC(C)c1ncsc1NC(=O)N=C(c1cc(Cl)c(-c2ccccc2F)cc1F)N1CCN(C(=O)OC(C)(C)C)C[C@@H]1C. The van der Waals surface area contributed by atoms with Crippen molar-refractivity contribution in [2.24, 2.45) is 4.99 Å². The van der Waals surface area contributed by atoms with Gasteiger partial charge in [0.25, 0.3) is 0 Å². The first-order valence-corrected chi connectivity index (χ1v) is 14.8. The average molecular weight is 618 g/mol. The number of rotatable bonds is 4. The lowest BCUT2D eigenvalue weighted by atomic mass is 10.0. The zero-order valence-electron chi connectivity index (χ0n) is 24.4. The first kappa shape index (κ1) is 31.4. The molecule has 1 atom stereocenters. The van der Waals surface area contributed by atoms with Crippen LogP contribution in [0, 0.1) is 11.6 Å². The van der Waals surface area contributed by atoms with Crippen LogP contribution in [-0.2, 0) is 4.74 Å². The Morgan fingerprint density at radius 1 is 1.14 bits per heavy atom. The average Bonchev–Trinajstić information content (AvgIpc) is 3.36. The van der Waals surface area contributed by atoms with E-state index in [0.29, 0.717) is 10.7 Å². The van der Waals surface area contributed by atoms with Crippen molar-refractivity contribution in [1.29, 1.82) is 0 Å². The predicted molar refractivity (Wildman–Crippen MR) is 163 cm³/mol. The second-order valence-corrected chi connectivity index (χ2v) is 12.6. The van der Waals surface area contributed by atoms with E-state index >= 15 is 4.39 Å². The molecule has 2 aromatic carbocycles. The summed E-state index contributed by atoms with van der Waals surface area (Å²) in [5, 5.41) is 3.41. The number of amidine groups is 1. The first-order valence-electron chi connectivity index (χ1n) is 13.6. The minimum Gasteiger partial charge on any atom is -0.444 e. The Kier molecular flexibility index (Phi) is 9.52. The number of benzene rings is 2. The largest absolute Gasteiger partial charge is 0.444 e. The molecule has 0 bridgehead atoms. The molecule has 3 amide bonds. The normalized spacial score (nSPS) is 16.1. The van der Waals surface area contributed by atoms with Gasteiger partial charge in [-0.3, -0.25) is 5.32 Å². The van der Waals surface area contributed by atoms with Gasteiger partial charge in [-0.2, -0.15) is 4.99 Å². The van der Waals surface area contributed by atoms with E-state index in [0.717, 1.165) is 6.07 Å². The second kappa shape index (κ2) is 12.7. The molecule has 1 aliphatic rings. The minimum absolute atomic E-state index is 0.0267. The number of nitrogens with zero attached hydrogens (tertiary/aromatic N) is 4. The Balaban J connectivity index is 1.72. The first-order chi connectivity index (χ1) is 19.7. The fourth-order valence-electron chi connectivity index (χ4n) is 4.63. The number of amides is 3. The highest BCUT2D eigenvalue weighted by atomic mass is 35.5. The quantitative estimate of drug-likeness (QED) is 0.239. The van der Waals surface area contributed by atoms with Gasteiger partial charge < -0.3 is 14.5 Å². The number of thiazole rings is 1. The molecule has 2 heterocycles. The van der Waals surface area contributed by atoms with Crippen molar-refractivity contribution in [2.75, 3.05) is 25.0 Å². The highest BCUT2D eigenvalue weighted by Gasteiger charge is 2.33. The van der Waals surface area contributed by atoms with Crippen LogP contribution < -0.4 is 5.32 Å². The zero-order valence-corrected chi connectivity index (χ0v) is 25.9. The van der Waals surface area contributed by atoms with Crippen LogP contribution in [0.15, 0.2) is 46.9 Å². The number of aliphatic imine (C=N–C) groups is 1. The number of hydrogen-bond acceptors (Lipinski definition) is 5. The van der Waals surface area contributed by atoms with Crippen molar-refractivity contribution >= 4 is 45.9 Å². The maximum absolute atomic E-state index is 15.9. The molecule has 12 heteroatoms. The molecule has 8 nitrogen and oxygen atoms in total. The van der Waals surface area contributed by atoms with Crippen molar-refractivity contribution in [3.63, 3.8) is 0 Å². The van der Waals surface area contributed by atoms with Gasteiger partial charge in [-0.1, -0.05) is 43.6 Å². The van der Waals surface area contributed by atoms with E-state index in [1.165, 1.54) is 35.6 Å². The molecule has 224 valence electrons. The van der Waals surface area contributed by atoms with Crippen LogP contribution in [0.1, 0.15) is 58.7 Å². The molecule has 1 N–H and O–H groups in total. The summed E-state index contributed by atoms with van der Waals surface area (Å²) in [6.45, 7) is 11.9. The number of ether oxygens (including phenoxy) is 1. The number of halogens is 3. The van der Waals surface area contributed by atoms with Gasteiger partial charge in [0.15, 0.2) is 0 Å². The number of hydrogen-bond donors (Lipinski definition) is 1. The Morgan fingerprint density at radius 2 is 1.86 bits per heavy atom. The summed E-state index contributed by atoms with van der Waals surface area (Å²) in [6.07, 6.45) is -0.458. The number of nitrogens with one attached hydrogen (secondary N) is 1. The molecular formula is C30H34ClF2N5O3S. The van der Waals surface area contributed by atoms with Crippen LogP contribution in [0.4, 0.5) is 23.4 Å². The Morgan fingerprint density at radius 3 is 2.50 bits per heavy atom. The lowest BCUT2D eigenvalue weighted by Crippen LogP contribution is -2.56. The van der Waals surface area contributed by atoms with Gasteiger partial charge in [-0.15, -0.1) is 11.3 Å². The van der Waals surface area contributed by atoms with E-state index in [1.807, 2.05) is 20.8 Å². The molecule has 0 aliphatic carbocycles. The van der Waals surface area contributed by atoms with Crippen molar-refractivity contribution < 1.29 is 23.1 Å².